The summed E-state index contributed by atoms with van der Waals surface area (Å²) in [6.07, 6.45) is 3.63. The number of carbonyl (C=O) groups is 1. The third-order valence-electron chi connectivity index (χ3n) is 2.97. The topological polar surface area (TPSA) is 50.7 Å². The Morgan fingerprint density at radius 1 is 1.23 bits per heavy atom. The monoisotopic (exact) mass is 314 g/mol. The van der Waals surface area contributed by atoms with Crippen LogP contribution >= 0.6 is 11.8 Å². The number of carbonyl (C=O) groups excluding carboxylic acids is 1. The highest BCUT2D eigenvalue weighted by Gasteiger charge is 2.02. The largest absolute Gasteiger partial charge is 0.483 e. The van der Waals surface area contributed by atoms with Gasteiger partial charge in [0.05, 0.1) is 6.21 Å². The molecule has 1 amide bonds. The number of hydrazone groups is 1. The van der Waals surface area contributed by atoms with Crippen molar-refractivity contribution in [1.29, 1.82) is 0 Å². The molecule has 0 bridgehead atoms. The van der Waals surface area contributed by atoms with Gasteiger partial charge in [-0.15, -0.1) is 11.8 Å². The molecule has 0 aliphatic heterocycles. The number of hydrogen-bond donors (Lipinski definition) is 1. The molecule has 2 aromatic rings. The molecule has 1 N–H and O–H groups in total. The van der Waals surface area contributed by atoms with Gasteiger partial charge in [-0.3, -0.25) is 4.79 Å². The van der Waals surface area contributed by atoms with E-state index in [-0.39, 0.29) is 12.5 Å². The average Bonchev–Trinajstić information content (AvgIpc) is 2.55. The van der Waals surface area contributed by atoms with E-state index >= 15 is 0 Å². The van der Waals surface area contributed by atoms with E-state index in [0.717, 1.165) is 11.1 Å². The van der Waals surface area contributed by atoms with Crippen molar-refractivity contribution in [2.45, 2.75) is 11.8 Å². The first-order valence-corrected chi connectivity index (χ1v) is 8.06. The van der Waals surface area contributed by atoms with Gasteiger partial charge in [-0.05, 0) is 42.5 Å². The Morgan fingerprint density at radius 3 is 2.64 bits per heavy atom. The lowest BCUT2D eigenvalue weighted by molar-refractivity contribution is -0.123. The molecule has 0 aliphatic carbocycles. The third-order valence-corrected chi connectivity index (χ3v) is 3.71. The molecule has 0 heterocycles. The van der Waals surface area contributed by atoms with Gasteiger partial charge in [0, 0.05) is 4.90 Å². The summed E-state index contributed by atoms with van der Waals surface area (Å²) in [5.41, 5.74) is 4.37. The fourth-order valence-corrected chi connectivity index (χ4v) is 2.17. The normalized spacial score (nSPS) is 10.6. The van der Waals surface area contributed by atoms with Gasteiger partial charge >= 0.3 is 0 Å². The highest BCUT2D eigenvalue weighted by atomic mass is 32.2. The molecule has 22 heavy (non-hydrogen) atoms. The van der Waals surface area contributed by atoms with Gasteiger partial charge in [0.15, 0.2) is 6.61 Å². The second kappa shape index (κ2) is 8.24. The van der Waals surface area contributed by atoms with E-state index in [1.807, 2.05) is 61.7 Å². The lowest BCUT2D eigenvalue weighted by Gasteiger charge is -2.07. The fraction of sp³-hybridized carbons (Fsp3) is 0.176. The van der Waals surface area contributed by atoms with Gasteiger partial charge in [0.2, 0.25) is 0 Å². The van der Waals surface area contributed by atoms with Crippen molar-refractivity contribution in [3.05, 3.63) is 59.7 Å². The predicted molar refractivity (Wildman–Crippen MR) is 90.6 cm³/mol. The zero-order valence-electron chi connectivity index (χ0n) is 12.6. The van der Waals surface area contributed by atoms with Crippen LogP contribution in [0, 0.1) is 6.92 Å². The Hall–Kier alpha value is -2.27. The smallest absolute Gasteiger partial charge is 0.277 e. The van der Waals surface area contributed by atoms with Crippen LogP contribution in [0.3, 0.4) is 0 Å². The third kappa shape index (κ3) is 4.93. The fourth-order valence-electron chi connectivity index (χ4n) is 1.76. The molecule has 2 aromatic carbocycles. The molecule has 4 nitrogen and oxygen atoms in total. The standard InChI is InChI=1S/C17H18N2O2S/c1-13-5-3-4-6-16(13)21-12-17(20)19-18-11-14-7-9-15(22-2)10-8-14/h3-11H,12H2,1-2H3,(H,19,20)/b18-11-. The van der Waals surface area contributed by atoms with Crippen LogP contribution in [0.2, 0.25) is 0 Å². The van der Waals surface area contributed by atoms with E-state index < -0.39 is 0 Å². The van der Waals surface area contributed by atoms with Crippen molar-refractivity contribution in [3.8, 4) is 5.75 Å². The van der Waals surface area contributed by atoms with Gasteiger partial charge in [-0.1, -0.05) is 30.3 Å². The molecular formula is C17H18N2O2S. The molecular weight excluding hydrogens is 296 g/mol. The molecule has 0 aliphatic rings. The molecule has 0 radical (unpaired) electrons. The minimum absolute atomic E-state index is 0.0619. The van der Waals surface area contributed by atoms with E-state index in [9.17, 15) is 4.79 Å². The maximum Gasteiger partial charge on any atom is 0.277 e. The first-order valence-electron chi connectivity index (χ1n) is 6.83. The number of benzene rings is 2. The number of nitrogens with one attached hydrogen (secondary N) is 1. The maximum atomic E-state index is 11.7. The number of nitrogens with zero attached hydrogens (tertiary/aromatic N) is 1. The quantitative estimate of drug-likeness (QED) is 0.506. The summed E-state index contributed by atoms with van der Waals surface area (Å²) in [5.74, 6) is 0.412. The zero-order chi connectivity index (χ0) is 15.8. The molecule has 0 fully saturated rings. The molecule has 0 spiro atoms. The molecule has 0 saturated heterocycles. The van der Waals surface area contributed by atoms with E-state index in [2.05, 4.69) is 10.5 Å². The summed E-state index contributed by atoms with van der Waals surface area (Å²) in [6, 6.07) is 15.5. The molecule has 0 unspecified atom stereocenters. The number of amides is 1. The molecule has 0 aromatic heterocycles. The van der Waals surface area contributed by atoms with E-state index in [1.165, 1.54) is 4.90 Å². The van der Waals surface area contributed by atoms with Gasteiger partial charge in [0.25, 0.3) is 5.91 Å². The predicted octanol–water partition coefficient (Wildman–Crippen LogP) is 3.25. The minimum Gasteiger partial charge on any atom is -0.483 e. The highest BCUT2D eigenvalue weighted by Crippen LogP contribution is 2.15. The Balaban J connectivity index is 1.79. The second-order valence-corrected chi connectivity index (χ2v) is 5.50. The van der Waals surface area contributed by atoms with Crippen LogP contribution in [0.25, 0.3) is 0 Å². The van der Waals surface area contributed by atoms with Crippen LogP contribution in [0.1, 0.15) is 11.1 Å². The SMILES string of the molecule is CSc1ccc(/C=N\NC(=O)COc2ccccc2C)cc1. The Bertz CT molecular complexity index is 654. The molecule has 0 atom stereocenters. The molecule has 0 saturated carbocycles. The Labute approximate surface area is 134 Å². The van der Waals surface area contributed by atoms with Crippen LogP contribution in [0.4, 0.5) is 0 Å². The number of para-hydroxylation sites is 1. The summed E-state index contributed by atoms with van der Waals surface area (Å²) < 4.78 is 5.44. The summed E-state index contributed by atoms with van der Waals surface area (Å²) in [5, 5.41) is 3.92. The Kier molecular flexibility index (Phi) is 6.03. The van der Waals surface area contributed by atoms with E-state index in [0.29, 0.717) is 5.75 Å². The first kappa shape index (κ1) is 16.1. The number of ether oxygens (including phenoxy) is 1. The van der Waals surface area contributed by atoms with Crippen LogP contribution in [-0.2, 0) is 4.79 Å². The molecule has 114 valence electrons. The van der Waals surface area contributed by atoms with Crippen LogP contribution in [0.5, 0.6) is 5.75 Å². The van der Waals surface area contributed by atoms with Gasteiger partial charge in [-0.2, -0.15) is 5.10 Å². The molecule has 5 heteroatoms. The lowest BCUT2D eigenvalue weighted by atomic mass is 10.2. The second-order valence-electron chi connectivity index (χ2n) is 4.62. The van der Waals surface area contributed by atoms with Gasteiger partial charge in [-0.25, -0.2) is 5.43 Å². The number of thioether (sulfide) groups is 1. The Morgan fingerprint density at radius 2 is 1.95 bits per heavy atom. The molecule has 2 rings (SSSR count). The summed E-state index contributed by atoms with van der Waals surface area (Å²) in [4.78, 5) is 12.9. The maximum absolute atomic E-state index is 11.7. The first-order chi connectivity index (χ1) is 10.7. The summed E-state index contributed by atoms with van der Waals surface area (Å²) in [7, 11) is 0. The summed E-state index contributed by atoms with van der Waals surface area (Å²) >= 11 is 1.68. The van der Waals surface area contributed by atoms with Crippen LogP contribution in [-0.4, -0.2) is 25.0 Å². The van der Waals surface area contributed by atoms with Crippen molar-refractivity contribution in [3.63, 3.8) is 0 Å². The zero-order valence-corrected chi connectivity index (χ0v) is 13.4. The van der Waals surface area contributed by atoms with Gasteiger partial charge < -0.3 is 4.74 Å². The highest BCUT2D eigenvalue weighted by molar-refractivity contribution is 7.98. The van der Waals surface area contributed by atoms with Crippen LogP contribution < -0.4 is 10.2 Å². The lowest BCUT2D eigenvalue weighted by Crippen LogP contribution is -2.24. The number of hydrogen-bond acceptors (Lipinski definition) is 4. The minimum atomic E-state index is -0.291. The van der Waals surface area contributed by atoms with Crippen molar-refractivity contribution < 1.29 is 9.53 Å². The van der Waals surface area contributed by atoms with E-state index in [1.54, 1.807) is 18.0 Å². The van der Waals surface area contributed by atoms with Crippen molar-refractivity contribution in [1.82, 2.24) is 5.43 Å². The number of rotatable bonds is 6. The van der Waals surface area contributed by atoms with Gasteiger partial charge in [0.1, 0.15) is 5.75 Å². The van der Waals surface area contributed by atoms with E-state index in [4.69, 9.17) is 4.74 Å². The van der Waals surface area contributed by atoms with Crippen molar-refractivity contribution in [2.75, 3.05) is 12.9 Å². The number of aryl methyl sites for hydroxylation is 1. The van der Waals surface area contributed by atoms with Crippen molar-refractivity contribution >= 4 is 23.9 Å². The van der Waals surface area contributed by atoms with Crippen LogP contribution in [0.15, 0.2) is 58.5 Å². The van der Waals surface area contributed by atoms with Crippen molar-refractivity contribution in [2.24, 2.45) is 5.10 Å². The average molecular weight is 314 g/mol. The summed E-state index contributed by atoms with van der Waals surface area (Å²) in [6.45, 7) is 1.87.